The second-order valence-corrected chi connectivity index (χ2v) is 26.2. The molecule has 9 aromatic heterocycles. The molecule has 20 heteroatoms. The Morgan fingerprint density at radius 2 is 1.00 bits per heavy atom. The fraction of sp³-hybridized carbons (Fsp3) is 0.653. The van der Waals surface area contributed by atoms with Gasteiger partial charge in [-0.05, 0) is 111 Å². The van der Waals surface area contributed by atoms with Crippen LogP contribution in [0.3, 0.4) is 0 Å². The molecule has 17 nitrogen and oxygen atoms in total. The van der Waals surface area contributed by atoms with E-state index in [2.05, 4.69) is 226 Å². The molecule has 534 valence electrons. The summed E-state index contributed by atoms with van der Waals surface area (Å²) in [6.07, 6.45) is 13.2. The highest BCUT2D eigenvalue weighted by molar-refractivity contribution is 7.07. The van der Waals surface area contributed by atoms with Gasteiger partial charge in [0.2, 0.25) is 5.89 Å². The van der Waals surface area contributed by atoms with Crippen molar-refractivity contribution in [3.63, 3.8) is 0 Å². The van der Waals surface area contributed by atoms with Crippen LogP contribution in [0.2, 0.25) is 0 Å². The van der Waals surface area contributed by atoms with Crippen LogP contribution in [0, 0.1) is 50.9 Å². The van der Waals surface area contributed by atoms with Gasteiger partial charge in [-0.15, -0.1) is 11.3 Å². The highest BCUT2D eigenvalue weighted by Crippen LogP contribution is 2.17. The minimum absolute atomic E-state index is 0.0603. The van der Waals surface area contributed by atoms with Crippen LogP contribution in [0.15, 0.2) is 115 Å². The summed E-state index contributed by atoms with van der Waals surface area (Å²) in [4.78, 5) is 19.8. The van der Waals surface area contributed by atoms with E-state index in [0.717, 1.165) is 51.6 Å². The number of hydrogen-bond acceptors (Lipinski definition) is 17. The number of rotatable bonds is 4. The van der Waals surface area contributed by atoms with Crippen LogP contribution in [-0.2, 0) is 5.41 Å². The Bertz CT molecular complexity index is 2300. The summed E-state index contributed by atoms with van der Waals surface area (Å²) in [5, 5.41) is 32.2. The number of nitrogens with zero attached hydrogens (tertiary/aromatic N) is 12. The monoisotopic (exact) mass is 1350 g/mol. The predicted molar refractivity (Wildman–Crippen MR) is 405 cm³/mol. The van der Waals surface area contributed by atoms with Crippen LogP contribution in [0.5, 0.6) is 0 Å². The van der Waals surface area contributed by atoms with Crippen LogP contribution in [0.1, 0.15) is 305 Å². The van der Waals surface area contributed by atoms with E-state index in [9.17, 15) is 0 Å². The van der Waals surface area contributed by atoms with Gasteiger partial charge in [-0.3, -0.25) is 14.8 Å². The molecular formula is C72H140N14O3S3. The van der Waals surface area contributed by atoms with E-state index in [1.54, 1.807) is 59.3 Å². The number of aromatic nitrogens is 14. The van der Waals surface area contributed by atoms with Crippen molar-refractivity contribution in [2.45, 2.75) is 292 Å². The fourth-order valence-corrected chi connectivity index (χ4v) is 5.46. The van der Waals surface area contributed by atoms with Crippen molar-refractivity contribution in [3.05, 3.63) is 148 Å². The quantitative estimate of drug-likeness (QED) is 0.168. The highest BCUT2D eigenvalue weighted by atomic mass is 32.1. The summed E-state index contributed by atoms with van der Waals surface area (Å²) in [6, 6.07) is 10.1. The van der Waals surface area contributed by atoms with E-state index in [-0.39, 0.29) is 5.41 Å². The Hall–Kier alpha value is -5.99. The maximum absolute atomic E-state index is 4.86. The Kier molecular flexibility index (Phi) is 84.4. The van der Waals surface area contributed by atoms with Crippen molar-refractivity contribution in [1.82, 2.24) is 69.8 Å². The van der Waals surface area contributed by atoms with Crippen molar-refractivity contribution in [2.75, 3.05) is 0 Å². The first kappa shape index (κ1) is 105. The molecule has 0 aromatic carbocycles. The van der Waals surface area contributed by atoms with Crippen molar-refractivity contribution in [2.24, 2.45) is 23.2 Å². The van der Waals surface area contributed by atoms with E-state index in [0.29, 0.717) is 40.9 Å². The van der Waals surface area contributed by atoms with E-state index in [4.69, 9.17) is 4.52 Å². The van der Waals surface area contributed by atoms with E-state index in [1.165, 1.54) is 24.2 Å². The van der Waals surface area contributed by atoms with E-state index >= 15 is 0 Å². The van der Waals surface area contributed by atoms with Gasteiger partial charge >= 0.3 is 0 Å². The van der Waals surface area contributed by atoms with Gasteiger partial charge in [-0.25, -0.2) is 15.0 Å². The molecule has 2 N–H and O–H groups in total. The fourth-order valence-electron chi connectivity index (χ4n) is 4.00. The van der Waals surface area contributed by atoms with Crippen LogP contribution < -0.4 is 0 Å². The zero-order valence-corrected chi connectivity index (χ0v) is 68.1. The molecule has 0 atom stereocenters. The second-order valence-electron chi connectivity index (χ2n) is 23.8. The Balaban J connectivity index is -0.000000116. The van der Waals surface area contributed by atoms with Gasteiger partial charge in [-0.1, -0.05) is 239 Å². The minimum atomic E-state index is 0.0603. The van der Waals surface area contributed by atoms with E-state index < -0.39 is 0 Å². The third kappa shape index (κ3) is 90.4. The number of nitrogens with one attached hydrogen (secondary N) is 2. The van der Waals surface area contributed by atoms with Crippen LogP contribution in [0.25, 0.3) is 0 Å². The van der Waals surface area contributed by atoms with Gasteiger partial charge in [0.05, 0.1) is 35.6 Å². The van der Waals surface area contributed by atoms with Gasteiger partial charge in [0.15, 0.2) is 18.0 Å². The average Bonchev–Trinajstić information content (AvgIpc) is 2.27. The van der Waals surface area contributed by atoms with E-state index in [1.807, 2.05) is 168 Å². The maximum Gasteiger partial charge on any atom is 0.229 e. The molecule has 0 aliphatic carbocycles. The molecule has 0 aliphatic heterocycles. The first-order valence-electron chi connectivity index (χ1n) is 33.1. The molecule has 0 amide bonds. The van der Waals surface area contributed by atoms with Gasteiger partial charge in [0, 0.05) is 47.3 Å². The average molecular weight is 1350 g/mol. The first-order valence-corrected chi connectivity index (χ1v) is 35.7. The van der Waals surface area contributed by atoms with Crippen molar-refractivity contribution < 1.29 is 13.4 Å². The molecule has 0 radical (unpaired) electrons. The summed E-state index contributed by atoms with van der Waals surface area (Å²) >= 11 is 4.81. The normalized spacial score (nSPS) is 9.23. The smallest absolute Gasteiger partial charge is 0.229 e. The summed E-state index contributed by atoms with van der Waals surface area (Å²) in [7, 11) is 0. The topological polar surface area (TPSA) is 218 Å². The Labute approximate surface area is 577 Å². The second kappa shape index (κ2) is 74.1. The number of aromatic amines is 2. The van der Waals surface area contributed by atoms with Crippen LogP contribution in [0.4, 0.5) is 0 Å². The molecule has 9 aromatic rings. The molecule has 0 spiro atoms. The zero-order chi connectivity index (χ0) is 73.7. The molecular weight excluding hydrogens is 1210 g/mol. The van der Waals surface area contributed by atoms with Gasteiger partial charge in [0.1, 0.15) is 22.9 Å². The molecule has 9 rings (SSSR count). The SMILES string of the molecule is CC.CC.CC.CC.CC.CC(C)(C)C.CC(C)C.CC(C)C.CC(C)C.CC(C)n1cccn1.Cc1n[nH]nc1C(C)C.Cc1nc(C(C)(C)C)n[nH]1.Cc1noc(C(C)C)n1.Cc1nsc(C(C)C)n1.c1ccoc1.c1ccsc1.c1cocn1.c1cscn1. The van der Waals surface area contributed by atoms with Crippen molar-refractivity contribution in [3.8, 4) is 0 Å². The van der Waals surface area contributed by atoms with Gasteiger partial charge in [-0.2, -0.15) is 46.3 Å². The lowest BCUT2D eigenvalue weighted by atomic mass is 9.96. The summed E-state index contributed by atoms with van der Waals surface area (Å²) < 4.78 is 19.9. The third-order valence-electron chi connectivity index (χ3n) is 7.25. The molecule has 92 heavy (non-hydrogen) atoms. The number of aryl methyl sites for hydroxylation is 4. The Morgan fingerprint density at radius 3 is 1.15 bits per heavy atom. The number of hydrogen-bond donors (Lipinski definition) is 2. The molecule has 0 fully saturated rings. The van der Waals surface area contributed by atoms with Gasteiger partial charge in [0.25, 0.3) is 0 Å². The summed E-state index contributed by atoms with van der Waals surface area (Å²) in [5.41, 5.74) is 4.42. The molecule has 0 saturated carbocycles. The number of thiophene rings is 1. The molecule has 0 bridgehead atoms. The van der Waals surface area contributed by atoms with Crippen molar-refractivity contribution >= 4 is 34.2 Å². The van der Waals surface area contributed by atoms with Crippen LogP contribution in [-0.4, -0.2) is 69.8 Å². The number of H-pyrrole nitrogens is 2. The third-order valence-corrected chi connectivity index (χ3v) is 9.50. The van der Waals surface area contributed by atoms with Gasteiger partial charge < -0.3 is 13.4 Å². The largest absolute Gasteiger partial charge is 0.473 e. The number of oxazole rings is 1. The predicted octanol–water partition coefficient (Wildman–Crippen LogP) is 24.6. The molecule has 0 unspecified atom stereocenters. The molecule has 0 aliphatic rings. The lowest BCUT2D eigenvalue weighted by Crippen LogP contribution is -2.13. The highest BCUT2D eigenvalue weighted by Gasteiger charge is 2.18. The maximum atomic E-state index is 4.86. The molecule has 9 heterocycles. The molecule has 0 saturated heterocycles. The zero-order valence-electron chi connectivity index (χ0n) is 65.7. The minimum Gasteiger partial charge on any atom is -0.473 e. The number of thiazole rings is 1. The summed E-state index contributed by atoms with van der Waals surface area (Å²) in [6.45, 7) is 78.8. The Morgan fingerprint density at radius 1 is 0.500 bits per heavy atom. The first-order chi connectivity index (χ1) is 43.1. The van der Waals surface area contributed by atoms with Crippen molar-refractivity contribution in [1.29, 1.82) is 0 Å². The lowest BCUT2D eigenvalue weighted by molar-refractivity contribution is 0.362. The summed E-state index contributed by atoms with van der Waals surface area (Å²) in [5.74, 6) is 7.91. The van der Waals surface area contributed by atoms with Crippen LogP contribution >= 0.6 is 34.2 Å². The lowest BCUT2D eigenvalue weighted by Gasteiger charge is -2.11. The number of furan rings is 1. The standard InChI is InChI=1S/C7H13N3.C6H11N3.C6H10N2O.C6H10N2S.C6H10N2.C5H12.C4H4O.C4H4S.3C4H10.C3H3NO.C3H3NS.5C2H6/c1-5-8-6(10-9-5)7(2,3)4;1-4(2)6-5(3)7-9-8-6;2*1-4(2)6-7-5(3)8-9-6;1-6(2)8-5-3-4-7-8;1-5(2,3)4;2*1-2-4-5-3-1;3*1-4(2)3;2*1-2-5-3-4-1;5*1-2/h1-4H3,(H,8,9,10);4H,1-3H3,(H,7,8,9);2*4H,1-3H3;3-6H,1-2H3;1-4H3;2*1-4H;3*4H,1-3H3;2*1-3H;5*1-2H3.